The van der Waals surface area contributed by atoms with E-state index >= 15 is 0 Å². The lowest BCUT2D eigenvalue weighted by Crippen LogP contribution is -2.15. The standard InChI is InChI=1S/C21H23N3O6S2/c1-13(2)31(26,27)17-9-5-15(6-10-17)19(25)22-21-24-23-20(30-21)16-7-11-18(12-8-16)32(28,29)14(3)4/h5-14H,1-4H3,(H,22,24,25). The van der Waals surface area contributed by atoms with Crippen LogP contribution in [0.1, 0.15) is 38.1 Å². The molecule has 0 radical (unpaired) electrons. The number of rotatable bonds is 7. The molecular formula is C21H23N3O6S2. The summed E-state index contributed by atoms with van der Waals surface area (Å²) in [6.07, 6.45) is 0. The minimum atomic E-state index is -3.43. The average molecular weight is 478 g/mol. The molecule has 1 amide bonds. The van der Waals surface area contributed by atoms with Gasteiger partial charge in [-0.3, -0.25) is 10.1 Å². The van der Waals surface area contributed by atoms with Crippen molar-refractivity contribution in [1.29, 1.82) is 0 Å². The molecule has 0 unspecified atom stereocenters. The van der Waals surface area contributed by atoms with Gasteiger partial charge in [0, 0.05) is 11.1 Å². The molecule has 0 fully saturated rings. The molecule has 170 valence electrons. The highest BCUT2D eigenvalue weighted by Crippen LogP contribution is 2.24. The molecule has 3 aromatic rings. The molecule has 0 atom stereocenters. The zero-order chi connectivity index (χ0) is 23.7. The number of nitrogens with zero attached hydrogens (tertiary/aromatic N) is 2. The van der Waals surface area contributed by atoms with E-state index in [9.17, 15) is 21.6 Å². The van der Waals surface area contributed by atoms with Crippen molar-refractivity contribution in [2.75, 3.05) is 5.32 Å². The van der Waals surface area contributed by atoms with Gasteiger partial charge in [0.05, 0.1) is 20.3 Å². The fourth-order valence-electron chi connectivity index (χ4n) is 2.69. The topological polar surface area (TPSA) is 136 Å². The number of nitrogens with one attached hydrogen (secondary N) is 1. The second-order valence-electron chi connectivity index (χ2n) is 7.60. The summed E-state index contributed by atoms with van der Waals surface area (Å²) in [5, 5.41) is 8.98. The van der Waals surface area contributed by atoms with E-state index in [1.54, 1.807) is 39.8 Å². The Bertz CT molecular complexity index is 1320. The average Bonchev–Trinajstić information content (AvgIpc) is 3.22. The first kappa shape index (κ1) is 23.6. The molecule has 1 aromatic heterocycles. The zero-order valence-electron chi connectivity index (χ0n) is 17.9. The van der Waals surface area contributed by atoms with Crippen molar-refractivity contribution in [3.63, 3.8) is 0 Å². The quantitative estimate of drug-likeness (QED) is 0.547. The molecule has 3 rings (SSSR count). The number of carbonyl (C=O) groups excluding carboxylic acids is 1. The van der Waals surface area contributed by atoms with Gasteiger partial charge in [0.2, 0.25) is 5.89 Å². The maximum Gasteiger partial charge on any atom is 0.322 e. The molecule has 1 heterocycles. The minimum Gasteiger partial charge on any atom is -0.403 e. The predicted octanol–water partition coefficient (Wildman–Crippen LogP) is 3.35. The van der Waals surface area contributed by atoms with E-state index in [4.69, 9.17) is 4.42 Å². The number of amides is 1. The van der Waals surface area contributed by atoms with Gasteiger partial charge in [-0.15, -0.1) is 5.10 Å². The lowest BCUT2D eigenvalue weighted by molar-refractivity contribution is 0.102. The van der Waals surface area contributed by atoms with Crippen LogP contribution in [0.2, 0.25) is 0 Å². The highest BCUT2D eigenvalue weighted by atomic mass is 32.2. The summed E-state index contributed by atoms with van der Waals surface area (Å²) < 4.78 is 54.2. The minimum absolute atomic E-state index is 0.104. The summed E-state index contributed by atoms with van der Waals surface area (Å²) >= 11 is 0. The summed E-state index contributed by atoms with van der Waals surface area (Å²) in [5.41, 5.74) is 0.708. The zero-order valence-corrected chi connectivity index (χ0v) is 19.6. The van der Waals surface area contributed by atoms with Crippen LogP contribution < -0.4 is 5.32 Å². The number of carbonyl (C=O) groups is 1. The normalized spacial score (nSPS) is 12.3. The van der Waals surface area contributed by atoms with Crippen LogP contribution in [0.25, 0.3) is 11.5 Å². The second-order valence-corrected chi connectivity index (χ2v) is 12.6. The first-order valence-electron chi connectivity index (χ1n) is 9.76. The lowest BCUT2D eigenvalue weighted by atomic mass is 10.2. The van der Waals surface area contributed by atoms with Crippen molar-refractivity contribution >= 4 is 31.6 Å². The number of benzene rings is 2. The van der Waals surface area contributed by atoms with Crippen molar-refractivity contribution in [1.82, 2.24) is 10.2 Å². The highest BCUT2D eigenvalue weighted by molar-refractivity contribution is 7.92. The largest absolute Gasteiger partial charge is 0.403 e. The fraction of sp³-hybridized carbons (Fsp3) is 0.286. The molecule has 11 heteroatoms. The van der Waals surface area contributed by atoms with Gasteiger partial charge < -0.3 is 4.42 Å². The third-order valence-corrected chi connectivity index (χ3v) is 9.10. The monoisotopic (exact) mass is 477 g/mol. The number of sulfone groups is 2. The first-order valence-corrected chi connectivity index (χ1v) is 12.9. The van der Waals surface area contributed by atoms with Gasteiger partial charge in [-0.05, 0) is 76.2 Å². The van der Waals surface area contributed by atoms with Crippen molar-refractivity contribution in [2.24, 2.45) is 0 Å². The summed E-state index contributed by atoms with van der Waals surface area (Å²) in [4.78, 5) is 12.7. The van der Waals surface area contributed by atoms with Crippen molar-refractivity contribution in [3.8, 4) is 11.5 Å². The van der Waals surface area contributed by atoms with E-state index in [2.05, 4.69) is 15.5 Å². The Labute approximate surface area is 186 Å². The van der Waals surface area contributed by atoms with E-state index in [1.807, 2.05) is 0 Å². The molecule has 32 heavy (non-hydrogen) atoms. The molecule has 0 aliphatic heterocycles. The Kier molecular flexibility index (Phi) is 6.51. The Hall–Kier alpha value is -3.05. The van der Waals surface area contributed by atoms with E-state index < -0.39 is 36.1 Å². The molecule has 0 saturated heterocycles. The first-order chi connectivity index (χ1) is 14.9. The van der Waals surface area contributed by atoms with Crippen LogP contribution in [0, 0.1) is 0 Å². The van der Waals surface area contributed by atoms with Crippen LogP contribution in [0.5, 0.6) is 0 Å². The van der Waals surface area contributed by atoms with Gasteiger partial charge in [0.1, 0.15) is 0 Å². The number of hydrogen-bond donors (Lipinski definition) is 1. The maximum absolute atomic E-state index is 12.4. The fourth-order valence-corrected chi connectivity index (χ4v) is 4.81. The maximum atomic E-state index is 12.4. The summed E-state index contributed by atoms with van der Waals surface area (Å²) in [6.45, 7) is 6.37. The molecule has 1 N–H and O–H groups in total. The van der Waals surface area contributed by atoms with Gasteiger partial charge >= 0.3 is 6.01 Å². The van der Waals surface area contributed by atoms with Crippen molar-refractivity contribution in [2.45, 2.75) is 48.0 Å². The molecule has 0 spiro atoms. The van der Waals surface area contributed by atoms with Crippen molar-refractivity contribution < 1.29 is 26.0 Å². The van der Waals surface area contributed by atoms with E-state index in [-0.39, 0.29) is 27.3 Å². The molecular weight excluding hydrogens is 454 g/mol. The number of hydrogen-bond acceptors (Lipinski definition) is 8. The summed E-state index contributed by atoms with van der Waals surface area (Å²) in [5.74, 6) is -0.445. The summed E-state index contributed by atoms with van der Waals surface area (Å²) in [6, 6.07) is 11.4. The van der Waals surface area contributed by atoms with Crippen LogP contribution >= 0.6 is 0 Å². The van der Waals surface area contributed by atoms with Crippen LogP contribution in [-0.4, -0.2) is 43.4 Å². The summed E-state index contributed by atoms with van der Waals surface area (Å²) in [7, 11) is -6.83. The van der Waals surface area contributed by atoms with E-state index in [0.717, 1.165) is 0 Å². The molecule has 0 saturated carbocycles. The van der Waals surface area contributed by atoms with Gasteiger partial charge in [0.25, 0.3) is 5.91 Å². The Morgan fingerprint density at radius 2 is 1.25 bits per heavy atom. The van der Waals surface area contributed by atoms with Crippen LogP contribution in [-0.2, 0) is 19.7 Å². The molecule has 0 bridgehead atoms. The smallest absolute Gasteiger partial charge is 0.322 e. The second kappa shape index (κ2) is 8.83. The van der Waals surface area contributed by atoms with Crippen LogP contribution in [0.3, 0.4) is 0 Å². The molecule has 9 nitrogen and oxygen atoms in total. The Balaban J connectivity index is 1.73. The lowest BCUT2D eigenvalue weighted by Gasteiger charge is -2.08. The van der Waals surface area contributed by atoms with Crippen LogP contribution in [0.4, 0.5) is 6.01 Å². The van der Waals surface area contributed by atoms with E-state index in [0.29, 0.717) is 5.56 Å². The van der Waals surface area contributed by atoms with Gasteiger partial charge in [-0.1, -0.05) is 5.10 Å². The van der Waals surface area contributed by atoms with Gasteiger partial charge in [-0.25, -0.2) is 16.8 Å². The van der Waals surface area contributed by atoms with Gasteiger partial charge in [0.15, 0.2) is 19.7 Å². The SMILES string of the molecule is CC(C)S(=O)(=O)c1ccc(C(=O)Nc2nnc(-c3ccc(S(=O)(=O)C(C)C)cc3)o2)cc1. The Morgan fingerprint density at radius 1 is 0.781 bits per heavy atom. The van der Waals surface area contributed by atoms with Crippen molar-refractivity contribution in [3.05, 3.63) is 54.1 Å². The van der Waals surface area contributed by atoms with E-state index in [1.165, 1.54) is 36.4 Å². The third-order valence-electron chi connectivity index (χ3n) is 4.76. The third kappa shape index (κ3) is 4.73. The predicted molar refractivity (Wildman–Crippen MR) is 119 cm³/mol. The Morgan fingerprint density at radius 3 is 1.72 bits per heavy atom. The number of aromatic nitrogens is 2. The highest BCUT2D eigenvalue weighted by Gasteiger charge is 2.21. The molecule has 0 aliphatic carbocycles. The number of anilines is 1. The van der Waals surface area contributed by atoms with Crippen LogP contribution in [0.15, 0.2) is 62.7 Å². The molecule has 2 aromatic carbocycles. The molecule has 0 aliphatic rings. The van der Waals surface area contributed by atoms with Gasteiger partial charge in [-0.2, -0.15) is 0 Å².